The number of hydrogen-bond donors (Lipinski definition) is 4. The number of carbonyl (C=O) groups excluding carboxylic acids is 1. The number of rotatable bonds is 9. The quantitative estimate of drug-likeness (QED) is 0.265. The number of amides is 1. The molecule has 0 radical (unpaired) electrons. The summed E-state index contributed by atoms with van der Waals surface area (Å²) in [5, 5.41) is 22.8. The maximum absolute atomic E-state index is 12.6. The lowest BCUT2D eigenvalue weighted by Crippen LogP contribution is -2.26. The fourth-order valence-corrected chi connectivity index (χ4v) is 3.89. The normalized spacial score (nSPS) is 11.5. The molecule has 0 atom stereocenters. The molecule has 0 fully saturated rings. The molecule has 4 rings (SSSR count). The minimum atomic E-state index is -0.174. The van der Waals surface area contributed by atoms with Crippen molar-refractivity contribution in [1.29, 1.82) is 0 Å². The number of imidazole rings is 1. The predicted molar refractivity (Wildman–Crippen MR) is 135 cm³/mol. The van der Waals surface area contributed by atoms with Gasteiger partial charge in [-0.05, 0) is 66.3 Å². The van der Waals surface area contributed by atoms with Crippen molar-refractivity contribution in [3.8, 4) is 34.1 Å². The van der Waals surface area contributed by atoms with Crippen molar-refractivity contribution in [3.05, 3.63) is 60.3 Å². The Bertz CT molecular complexity index is 1350. The highest BCUT2D eigenvalue weighted by molar-refractivity contribution is 5.97. The van der Waals surface area contributed by atoms with Crippen molar-refractivity contribution in [3.63, 3.8) is 0 Å². The zero-order valence-corrected chi connectivity index (χ0v) is 20.1. The van der Waals surface area contributed by atoms with Crippen molar-refractivity contribution < 1.29 is 19.7 Å². The molecule has 2 aromatic heterocycles. The smallest absolute Gasteiger partial charge is 0.251 e. The molecule has 8 heteroatoms. The van der Waals surface area contributed by atoms with E-state index in [0.29, 0.717) is 34.9 Å². The molecule has 2 heterocycles. The number of nitrogens with one attached hydrogen (secondary N) is 2. The molecule has 4 aromatic rings. The van der Waals surface area contributed by atoms with Gasteiger partial charge in [-0.3, -0.25) is 4.79 Å². The fourth-order valence-electron chi connectivity index (χ4n) is 3.89. The molecule has 0 aliphatic rings. The molecule has 0 saturated carbocycles. The van der Waals surface area contributed by atoms with Crippen LogP contribution >= 0.6 is 0 Å². The minimum absolute atomic E-state index is 0.0828. The maximum atomic E-state index is 12.6. The zero-order chi connectivity index (χ0) is 25.0. The van der Waals surface area contributed by atoms with Gasteiger partial charge in [0.2, 0.25) is 5.88 Å². The standard InChI is InChI=1S/C27H30N4O4/c1-27(2,16-32)11-5-13-28-25(34)18-7-9-21-22(15-18)31-24(30-21)20-14-17(8-10-23(20)33)19-6-4-12-29-26(19)35-3/h4,6-10,12,14-15,32-33H,5,11,13,16H2,1-3H3,(H,28,34)(H,30,31). The van der Waals surface area contributed by atoms with Crippen molar-refractivity contribution in [2.45, 2.75) is 26.7 Å². The van der Waals surface area contributed by atoms with Crippen LogP contribution in [-0.4, -0.2) is 51.3 Å². The number of phenols is 1. The van der Waals surface area contributed by atoms with E-state index in [1.54, 1.807) is 43.6 Å². The molecule has 0 bridgehead atoms. The first kappa shape index (κ1) is 24.2. The van der Waals surface area contributed by atoms with E-state index in [1.807, 2.05) is 32.0 Å². The lowest BCUT2D eigenvalue weighted by molar-refractivity contribution is 0.0948. The van der Waals surface area contributed by atoms with Crippen LogP contribution in [0.5, 0.6) is 11.6 Å². The monoisotopic (exact) mass is 474 g/mol. The molecule has 182 valence electrons. The van der Waals surface area contributed by atoms with Gasteiger partial charge in [-0.2, -0.15) is 0 Å². The van der Waals surface area contributed by atoms with Crippen LogP contribution in [0.1, 0.15) is 37.0 Å². The van der Waals surface area contributed by atoms with Crippen LogP contribution in [0.25, 0.3) is 33.5 Å². The van der Waals surface area contributed by atoms with Crippen LogP contribution in [0.15, 0.2) is 54.7 Å². The number of aromatic amines is 1. The van der Waals surface area contributed by atoms with Gasteiger partial charge in [-0.25, -0.2) is 9.97 Å². The third-order valence-electron chi connectivity index (χ3n) is 6.02. The summed E-state index contributed by atoms with van der Waals surface area (Å²) in [5.74, 6) is 0.890. The first-order valence-electron chi connectivity index (χ1n) is 11.5. The van der Waals surface area contributed by atoms with Crippen molar-refractivity contribution in [2.24, 2.45) is 5.41 Å². The Morgan fingerprint density at radius 3 is 2.74 bits per heavy atom. The van der Waals surface area contributed by atoms with E-state index in [-0.39, 0.29) is 23.7 Å². The Balaban J connectivity index is 1.55. The second-order valence-corrected chi connectivity index (χ2v) is 9.29. The number of phenolic OH excluding ortho intramolecular Hbond substituents is 1. The number of fused-ring (bicyclic) bond motifs is 1. The summed E-state index contributed by atoms with van der Waals surface area (Å²) in [6.07, 6.45) is 3.26. The molecule has 4 N–H and O–H groups in total. The van der Waals surface area contributed by atoms with Gasteiger partial charge in [0.15, 0.2) is 0 Å². The molecule has 2 aromatic carbocycles. The summed E-state index contributed by atoms with van der Waals surface area (Å²) in [7, 11) is 1.57. The van der Waals surface area contributed by atoms with Gasteiger partial charge in [-0.15, -0.1) is 0 Å². The molecular formula is C27H30N4O4. The molecule has 0 aliphatic heterocycles. The number of carbonyl (C=O) groups is 1. The molecule has 0 unspecified atom stereocenters. The highest BCUT2D eigenvalue weighted by Gasteiger charge is 2.17. The van der Waals surface area contributed by atoms with Gasteiger partial charge in [0, 0.05) is 30.5 Å². The zero-order valence-electron chi connectivity index (χ0n) is 20.1. The number of aliphatic hydroxyl groups excluding tert-OH is 1. The van der Waals surface area contributed by atoms with Crippen LogP contribution in [0.3, 0.4) is 0 Å². The van der Waals surface area contributed by atoms with E-state index in [2.05, 4.69) is 20.3 Å². The Morgan fingerprint density at radius 2 is 1.97 bits per heavy atom. The number of pyridine rings is 1. The third kappa shape index (κ3) is 5.44. The summed E-state index contributed by atoms with van der Waals surface area (Å²) >= 11 is 0. The predicted octanol–water partition coefficient (Wildman–Crippen LogP) is 4.53. The lowest BCUT2D eigenvalue weighted by Gasteiger charge is -2.21. The number of ether oxygens (including phenoxy) is 1. The number of methoxy groups -OCH3 is 1. The number of aromatic hydroxyl groups is 1. The van der Waals surface area contributed by atoms with E-state index in [4.69, 9.17) is 4.74 Å². The van der Waals surface area contributed by atoms with Gasteiger partial charge in [-0.1, -0.05) is 19.9 Å². The summed E-state index contributed by atoms with van der Waals surface area (Å²) in [4.78, 5) is 24.7. The number of aliphatic hydroxyl groups is 1. The van der Waals surface area contributed by atoms with Gasteiger partial charge >= 0.3 is 0 Å². The second kappa shape index (κ2) is 10.1. The number of aromatic nitrogens is 3. The third-order valence-corrected chi connectivity index (χ3v) is 6.02. The summed E-state index contributed by atoms with van der Waals surface area (Å²) in [6.45, 7) is 4.65. The average molecular weight is 475 g/mol. The average Bonchev–Trinajstić information content (AvgIpc) is 3.30. The molecular weight excluding hydrogens is 444 g/mol. The first-order chi connectivity index (χ1) is 16.8. The first-order valence-corrected chi connectivity index (χ1v) is 11.5. The van der Waals surface area contributed by atoms with Gasteiger partial charge in [0.05, 0.1) is 23.7 Å². The van der Waals surface area contributed by atoms with E-state index >= 15 is 0 Å². The molecule has 0 saturated heterocycles. The summed E-state index contributed by atoms with van der Waals surface area (Å²) in [5.41, 5.74) is 3.89. The maximum Gasteiger partial charge on any atom is 0.251 e. The Hall–Kier alpha value is -3.91. The second-order valence-electron chi connectivity index (χ2n) is 9.29. The lowest BCUT2D eigenvalue weighted by atomic mass is 9.89. The number of hydrogen-bond acceptors (Lipinski definition) is 6. The van der Waals surface area contributed by atoms with E-state index < -0.39 is 0 Å². The molecule has 0 aliphatic carbocycles. The van der Waals surface area contributed by atoms with Crippen LogP contribution < -0.4 is 10.1 Å². The minimum Gasteiger partial charge on any atom is -0.507 e. The van der Waals surface area contributed by atoms with Crippen LogP contribution in [0.4, 0.5) is 0 Å². The van der Waals surface area contributed by atoms with Crippen LogP contribution in [0, 0.1) is 5.41 Å². The topological polar surface area (TPSA) is 120 Å². The van der Waals surface area contributed by atoms with Gasteiger partial charge in [0.25, 0.3) is 5.91 Å². The molecule has 1 amide bonds. The summed E-state index contributed by atoms with van der Waals surface area (Å²) in [6, 6.07) is 14.2. The summed E-state index contributed by atoms with van der Waals surface area (Å²) < 4.78 is 5.37. The largest absolute Gasteiger partial charge is 0.507 e. The SMILES string of the molecule is COc1ncccc1-c1ccc(O)c(-c2nc3cc(C(=O)NCCCC(C)(C)CO)ccc3[nH]2)c1. The Kier molecular flexibility index (Phi) is 7.02. The fraction of sp³-hybridized carbons (Fsp3) is 0.296. The Morgan fingerprint density at radius 1 is 1.14 bits per heavy atom. The van der Waals surface area contributed by atoms with Crippen LogP contribution in [-0.2, 0) is 0 Å². The van der Waals surface area contributed by atoms with Crippen LogP contribution in [0.2, 0.25) is 0 Å². The highest BCUT2D eigenvalue weighted by atomic mass is 16.5. The number of benzene rings is 2. The van der Waals surface area contributed by atoms with Gasteiger partial charge in [0.1, 0.15) is 11.6 Å². The molecule has 35 heavy (non-hydrogen) atoms. The van der Waals surface area contributed by atoms with Crippen molar-refractivity contribution in [2.75, 3.05) is 20.3 Å². The van der Waals surface area contributed by atoms with E-state index in [0.717, 1.165) is 29.5 Å². The van der Waals surface area contributed by atoms with Crippen molar-refractivity contribution >= 4 is 16.9 Å². The molecule has 8 nitrogen and oxygen atoms in total. The molecule has 0 spiro atoms. The number of H-pyrrole nitrogens is 1. The van der Waals surface area contributed by atoms with Gasteiger partial charge < -0.3 is 25.3 Å². The van der Waals surface area contributed by atoms with Crippen molar-refractivity contribution in [1.82, 2.24) is 20.3 Å². The van der Waals surface area contributed by atoms with E-state index in [1.165, 1.54) is 0 Å². The van der Waals surface area contributed by atoms with E-state index in [9.17, 15) is 15.0 Å². The Labute approximate surface area is 204 Å². The number of nitrogens with zero attached hydrogens (tertiary/aromatic N) is 2. The highest BCUT2D eigenvalue weighted by Crippen LogP contribution is 2.35.